The highest BCUT2D eigenvalue weighted by atomic mass is 16.5. The van der Waals surface area contributed by atoms with E-state index in [0.717, 1.165) is 21.5 Å². The summed E-state index contributed by atoms with van der Waals surface area (Å²) >= 11 is 0. The van der Waals surface area contributed by atoms with Gasteiger partial charge in [-0.3, -0.25) is 0 Å². The van der Waals surface area contributed by atoms with Crippen LogP contribution in [0.25, 0.3) is 21.5 Å². The molecule has 0 heterocycles. The van der Waals surface area contributed by atoms with Gasteiger partial charge in [-0.25, -0.2) is 0 Å². The number of rotatable bonds is 2. The highest BCUT2D eigenvalue weighted by Gasteiger charge is 2.19. The minimum atomic E-state index is -1.51. The summed E-state index contributed by atoms with van der Waals surface area (Å²) in [6.45, 7) is 0. The maximum absolute atomic E-state index is 9.70. The average Bonchev–Trinajstić information content (AvgIpc) is 2.43. The minimum Gasteiger partial charge on any atom is -0.497 e. The molecule has 0 spiro atoms. The molecule has 2 N–H and O–H groups in total. The van der Waals surface area contributed by atoms with E-state index in [2.05, 4.69) is 0 Å². The molecule has 3 aromatic carbocycles. The van der Waals surface area contributed by atoms with Crippen molar-refractivity contribution in [1.82, 2.24) is 0 Å². The highest BCUT2D eigenvalue weighted by molar-refractivity contribution is 6.65. The fourth-order valence-corrected chi connectivity index (χ4v) is 2.48. The average molecular weight is 252 g/mol. The Bertz CT molecular complexity index is 753. The first-order valence-electron chi connectivity index (χ1n) is 6.06. The number of ether oxygens (including phenoxy) is 1. The van der Waals surface area contributed by atoms with Crippen molar-refractivity contribution in [1.29, 1.82) is 0 Å². The molecule has 0 radical (unpaired) electrons. The molecule has 0 unspecified atom stereocenters. The van der Waals surface area contributed by atoms with Crippen LogP contribution in [0.4, 0.5) is 0 Å². The normalized spacial score (nSPS) is 10.9. The van der Waals surface area contributed by atoms with Crippen LogP contribution in [-0.2, 0) is 0 Å². The summed E-state index contributed by atoms with van der Waals surface area (Å²) in [6, 6.07) is 15.3. The lowest BCUT2D eigenvalue weighted by Gasteiger charge is -2.12. The first-order valence-corrected chi connectivity index (χ1v) is 6.06. The van der Waals surface area contributed by atoms with Gasteiger partial charge in [-0.1, -0.05) is 30.3 Å². The van der Waals surface area contributed by atoms with Gasteiger partial charge in [-0.05, 0) is 45.2 Å². The van der Waals surface area contributed by atoms with Crippen molar-refractivity contribution in [2.75, 3.05) is 7.11 Å². The third-order valence-corrected chi connectivity index (χ3v) is 3.37. The SMILES string of the molecule is COc1ccc2cc3ccccc3c(B(O)O)c2c1. The largest absolute Gasteiger partial charge is 0.497 e. The monoisotopic (exact) mass is 252 g/mol. The first-order chi connectivity index (χ1) is 9.20. The molecule has 3 nitrogen and oxygen atoms in total. The molecule has 0 aliphatic carbocycles. The lowest BCUT2D eigenvalue weighted by atomic mass is 9.74. The van der Waals surface area contributed by atoms with E-state index in [1.165, 1.54) is 0 Å². The van der Waals surface area contributed by atoms with E-state index in [9.17, 15) is 10.0 Å². The topological polar surface area (TPSA) is 49.7 Å². The van der Waals surface area contributed by atoms with E-state index in [1.54, 1.807) is 7.11 Å². The Morgan fingerprint density at radius 3 is 2.37 bits per heavy atom. The van der Waals surface area contributed by atoms with Gasteiger partial charge in [0, 0.05) is 0 Å². The molecular formula is C15H13BO3. The van der Waals surface area contributed by atoms with Crippen LogP contribution < -0.4 is 10.2 Å². The zero-order chi connectivity index (χ0) is 13.4. The fraction of sp³-hybridized carbons (Fsp3) is 0.0667. The van der Waals surface area contributed by atoms with Crippen molar-refractivity contribution >= 4 is 34.1 Å². The van der Waals surface area contributed by atoms with E-state index in [1.807, 2.05) is 48.5 Å². The zero-order valence-electron chi connectivity index (χ0n) is 10.5. The molecule has 0 aliphatic rings. The van der Waals surface area contributed by atoms with Crippen LogP contribution in [0.1, 0.15) is 0 Å². The van der Waals surface area contributed by atoms with Crippen LogP contribution in [0.3, 0.4) is 0 Å². The standard InChI is InChI=1S/C15H13BO3/c1-19-12-7-6-11-8-10-4-2-3-5-13(10)15(16(17)18)14(11)9-12/h2-9,17-18H,1H3. The summed E-state index contributed by atoms with van der Waals surface area (Å²) in [5.41, 5.74) is 0.520. The number of methoxy groups -OCH3 is 1. The summed E-state index contributed by atoms with van der Waals surface area (Å²) in [5, 5.41) is 23.0. The molecule has 0 amide bonds. The van der Waals surface area contributed by atoms with Crippen LogP contribution in [-0.4, -0.2) is 24.3 Å². The van der Waals surface area contributed by atoms with Gasteiger partial charge in [0.25, 0.3) is 0 Å². The molecule has 0 fully saturated rings. The van der Waals surface area contributed by atoms with E-state index < -0.39 is 7.12 Å². The second-order valence-corrected chi connectivity index (χ2v) is 4.47. The summed E-state index contributed by atoms with van der Waals surface area (Å²) in [7, 11) is 0.0813. The second kappa shape index (κ2) is 4.57. The molecule has 4 heteroatoms. The molecular weight excluding hydrogens is 239 g/mol. The molecule has 0 saturated heterocycles. The summed E-state index contributed by atoms with van der Waals surface area (Å²) in [5.74, 6) is 0.699. The molecule has 3 rings (SSSR count). The second-order valence-electron chi connectivity index (χ2n) is 4.47. The zero-order valence-corrected chi connectivity index (χ0v) is 10.5. The third kappa shape index (κ3) is 1.95. The van der Waals surface area contributed by atoms with Gasteiger partial charge >= 0.3 is 7.12 Å². The van der Waals surface area contributed by atoms with Gasteiger partial charge in [0.05, 0.1) is 7.11 Å². The summed E-state index contributed by atoms with van der Waals surface area (Å²) < 4.78 is 5.21. The molecule has 94 valence electrons. The first kappa shape index (κ1) is 12.0. The van der Waals surface area contributed by atoms with Gasteiger partial charge in [0.2, 0.25) is 0 Å². The van der Waals surface area contributed by atoms with Gasteiger partial charge in [-0.2, -0.15) is 0 Å². The van der Waals surface area contributed by atoms with Crippen molar-refractivity contribution in [2.24, 2.45) is 0 Å². The van der Waals surface area contributed by atoms with Crippen molar-refractivity contribution < 1.29 is 14.8 Å². The van der Waals surface area contributed by atoms with Crippen LogP contribution >= 0.6 is 0 Å². The molecule has 0 atom stereocenters. The Kier molecular flexibility index (Phi) is 2.89. The quantitative estimate of drug-likeness (QED) is 0.539. The smallest absolute Gasteiger partial charge is 0.489 e. The van der Waals surface area contributed by atoms with E-state index in [4.69, 9.17) is 4.74 Å². The van der Waals surface area contributed by atoms with Crippen molar-refractivity contribution in [3.63, 3.8) is 0 Å². The van der Waals surface area contributed by atoms with Gasteiger partial charge in [0.1, 0.15) is 5.75 Å². The minimum absolute atomic E-state index is 0.520. The number of fused-ring (bicyclic) bond motifs is 2. The Morgan fingerprint density at radius 2 is 1.63 bits per heavy atom. The maximum atomic E-state index is 9.70. The van der Waals surface area contributed by atoms with Crippen LogP contribution in [0.2, 0.25) is 0 Å². The van der Waals surface area contributed by atoms with Crippen LogP contribution in [0, 0.1) is 0 Å². The van der Waals surface area contributed by atoms with E-state index in [-0.39, 0.29) is 0 Å². The highest BCUT2D eigenvalue weighted by Crippen LogP contribution is 2.24. The Labute approximate surface area is 111 Å². The number of hydrogen-bond donors (Lipinski definition) is 2. The lowest BCUT2D eigenvalue weighted by Crippen LogP contribution is -2.31. The summed E-state index contributed by atoms with van der Waals surface area (Å²) in [4.78, 5) is 0. The molecule has 0 aliphatic heterocycles. The van der Waals surface area contributed by atoms with E-state index >= 15 is 0 Å². The third-order valence-electron chi connectivity index (χ3n) is 3.37. The molecule has 0 aromatic heterocycles. The summed E-state index contributed by atoms with van der Waals surface area (Å²) in [6.07, 6.45) is 0. The van der Waals surface area contributed by atoms with Gasteiger partial charge in [-0.15, -0.1) is 0 Å². The molecule has 0 bridgehead atoms. The fourth-order valence-electron chi connectivity index (χ4n) is 2.48. The predicted molar refractivity (Wildman–Crippen MR) is 77.8 cm³/mol. The van der Waals surface area contributed by atoms with Crippen molar-refractivity contribution in [3.8, 4) is 5.75 Å². The Morgan fingerprint density at radius 1 is 0.895 bits per heavy atom. The van der Waals surface area contributed by atoms with Gasteiger partial charge in [0.15, 0.2) is 0 Å². The van der Waals surface area contributed by atoms with Crippen molar-refractivity contribution in [2.45, 2.75) is 0 Å². The Hall–Kier alpha value is -2.04. The van der Waals surface area contributed by atoms with Crippen molar-refractivity contribution in [3.05, 3.63) is 48.5 Å². The number of benzene rings is 3. The molecule has 19 heavy (non-hydrogen) atoms. The maximum Gasteiger partial charge on any atom is 0.489 e. The predicted octanol–water partition coefficient (Wildman–Crippen LogP) is 1.68. The lowest BCUT2D eigenvalue weighted by molar-refractivity contribution is 0.415. The van der Waals surface area contributed by atoms with Crippen LogP contribution in [0.5, 0.6) is 5.75 Å². The Balaban J connectivity index is 2.49. The van der Waals surface area contributed by atoms with Gasteiger partial charge < -0.3 is 14.8 Å². The number of hydrogen-bond acceptors (Lipinski definition) is 3. The van der Waals surface area contributed by atoms with Crippen LogP contribution in [0.15, 0.2) is 48.5 Å². The van der Waals surface area contributed by atoms with E-state index in [0.29, 0.717) is 11.2 Å². The molecule has 3 aromatic rings. The molecule has 0 saturated carbocycles.